The molecule has 0 unspecified atom stereocenters. The van der Waals surface area contributed by atoms with Crippen LogP contribution in [0.15, 0.2) is 53.9 Å². The van der Waals surface area contributed by atoms with Crippen molar-refractivity contribution in [2.24, 2.45) is 0 Å². The molecule has 2 amide bonds. The first-order chi connectivity index (χ1) is 12.5. The number of anilines is 2. The van der Waals surface area contributed by atoms with E-state index < -0.39 is 17.5 Å². The minimum Gasteiger partial charge on any atom is -0.326 e. The van der Waals surface area contributed by atoms with E-state index in [2.05, 4.69) is 15.6 Å². The number of hydrogen-bond acceptors (Lipinski definition) is 4. The highest BCUT2D eigenvalue weighted by Gasteiger charge is 2.14. The van der Waals surface area contributed by atoms with E-state index in [1.807, 2.05) is 0 Å². The standard InChI is InChI=1S/C18H13F2N3O2S/c19-11-4-3-5-12(8-11)21-16(24)9-13-10-26-18(22-13)23-17(25)14-6-1-2-7-15(14)20/h1-8,10H,9H2,(H,21,24)(H,22,23,25). The molecule has 1 heterocycles. The first kappa shape index (κ1) is 17.7. The molecular weight excluding hydrogens is 360 g/mol. The van der Waals surface area contributed by atoms with Crippen LogP contribution < -0.4 is 10.6 Å². The molecule has 0 spiro atoms. The van der Waals surface area contributed by atoms with Crippen molar-refractivity contribution < 1.29 is 18.4 Å². The average molecular weight is 373 g/mol. The number of hydrogen-bond donors (Lipinski definition) is 2. The molecule has 132 valence electrons. The maximum atomic E-state index is 13.6. The molecule has 0 atom stereocenters. The van der Waals surface area contributed by atoms with E-state index >= 15 is 0 Å². The molecule has 8 heteroatoms. The number of nitrogens with one attached hydrogen (secondary N) is 2. The summed E-state index contributed by atoms with van der Waals surface area (Å²) in [4.78, 5) is 28.2. The van der Waals surface area contributed by atoms with E-state index in [9.17, 15) is 18.4 Å². The van der Waals surface area contributed by atoms with Gasteiger partial charge in [0, 0.05) is 11.1 Å². The zero-order valence-corrected chi connectivity index (χ0v) is 14.1. The Morgan fingerprint density at radius 1 is 1.04 bits per heavy atom. The monoisotopic (exact) mass is 373 g/mol. The number of benzene rings is 2. The van der Waals surface area contributed by atoms with Gasteiger partial charge in [-0.25, -0.2) is 13.8 Å². The first-order valence-corrected chi connectivity index (χ1v) is 8.45. The van der Waals surface area contributed by atoms with Crippen molar-refractivity contribution in [3.63, 3.8) is 0 Å². The Hall–Kier alpha value is -3.13. The maximum absolute atomic E-state index is 13.6. The molecule has 0 aliphatic heterocycles. The number of rotatable bonds is 5. The maximum Gasteiger partial charge on any atom is 0.260 e. The highest BCUT2D eigenvalue weighted by molar-refractivity contribution is 7.14. The second-order valence-corrected chi connectivity index (χ2v) is 6.17. The predicted octanol–water partition coefficient (Wildman–Crippen LogP) is 3.85. The summed E-state index contributed by atoms with van der Waals surface area (Å²) in [5.41, 5.74) is 0.694. The number of thiazole rings is 1. The summed E-state index contributed by atoms with van der Waals surface area (Å²) in [7, 11) is 0. The predicted molar refractivity (Wildman–Crippen MR) is 95.2 cm³/mol. The van der Waals surface area contributed by atoms with Gasteiger partial charge >= 0.3 is 0 Å². The lowest BCUT2D eigenvalue weighted by Crippen LogP contribution is -2.15. The van der Waals surface area contributed by atoms with Crippen LogP contribution >= 0.6 is 11.3 Å². The van der Waals surface area contributed by atoms with Crippen LogP contribution in [-0.2, 0) is 11.2 Å². The Labute approximate surface area is 151 Å². The van der Waals surface area contributed by atoms with Crippen molar-refractivity contribution >= 4 is 34.0 Å². The van der Waals surface area contributed by atoms with Crippen LogP contribution in [0.2, 0.25) is 0 Å². The quantitative estimate of drug-likeness (QED) is 0.714. The van der Waals surface area contributed by atoms with Crippen molar-refractivity contribution in [2.75, 3.05) is 10.6 Å². The van der Waals surface area contributed by atoms with Crippen molar-refractivity contribution in [1.29, 1.82) is 0 Å². The van der Waals surface area contributed by atoms with Gasteiger partial charge in [-0.05, 0) is 30.3 Å². The molecule has 5 nitrogen and oxygen atoms in total. The molecule has 3 rings (SSSR count). The second kappa shape index (κ2) is 7.83. The third-order valence-corrected chi connectivity index (χ3v) is 4.15. The Bertz CT molecular complexity index is 959. The van der Waals surface area contributed by atoms with Crippen LogP contribution in [0.25, 0.3) is 0 Å². The lowest BCUT2D eigenvalue weighted by molar-refractivity contribution is -0.115. The van der Waals surface area contributed by atoms with Crippen molar-refractivity contribution in [3.05, 3.63) is 76.8 Å². The number of nitrogens with zero attached hydrogens (tertiary/aromatic N) is 1. The van der Waals surface area contributed by atoms with Crippen molar-refractivity contribution in [3.8, 4) is 0 Å². The van der Waals surface area contributed by atoms with Gasteiger partial charge in [0.15, 0.2) is 5.13 Å². The molecule has 26 heavy (non-hydrogen) atoms. The zero-order valence-electron chi connectivity index (χ0n) is 13.3. The largest absolute Gasteiger partial charge is 0.326 e. The smallest absolute Gasteiger partial charge is 0.260 e. The minimum absolute atomic E-state index is 0.0391. The van der Waals surface area contributed by atoms with Crippen LogP contribution in [-0.4, -0.2) is 16.8 Å². The molecule has 0 bridgehead atoms. The Kier molecular flexibility index (Phi) is 5.33. The van der Waals surface area contributed by atoms with Gasteiger partial charge in [0.25, 0.3) is 5.91 Å². The van der Waals surface area contributed by atoms with Crippen molar-refractivity contribution in [2.45, 2.75) is 6.42 Å². The third kappa shape index (κ3) is 4.48. The molecule has 0 fully saturated rings. The Morgan fingerprint density at radius 3 is 2.62 bits per heavy atom. The molecular formula is C18H13F2N3O2S. The van der Waals surface area contributed by atoms with Crippen LogP contribution in [0.5, 0.6) is 0 Å². The topological polar surface area (TPSA) is 71.1 Å². The van der Waals surface area contributed by atoms with Gasteiger partial charge in [0.1, 0.15) is 11.6 Å². The molecule has 3 aromatic rings. The summed E-state index contributed by atoms with van der Waals surface area (Å²) in [6.45, 7) is 0. The summed E-state index contributed by atoms with van der Waals surface area (Å²) in [6.07, 6.45) is -0.0391. The lowest BCUT2D eigenvalue weighted by Gasteiger charge is -2.04. The van der Waals surface area contributed by atoms with Gasteiger partial charge in [-0.1, -0.05) is 18.2 Å². The van der Waals surface area contributed by atoms with E-state index in [4.69, 9.17) is 0 Å². The molecule has 2 N–H and O–H groups in total. The van der Waals surface area contributed by atoms with E-state index in [1.165, 1.54) is 36.4 Å². The fourth-order valence-corrected chi connectivity index (χ4v) is 2.90. The average Bonchev–Trinajstić information content (AvgIpc) is 3.01. The Morgan fingerprint density at radius 2 is 1.85 bits per heavy atom. The SMILES string of the molecule is O=C(Cc1csc(NC(=O)c2ccccc2F)n1)Nc1cccc(F)c1. The van der Waals surface area contributed by atoms with E-state index in [-0.39, 0.29) is 23.0 Å². The van der Waals surface area contributed by atoms with Gasteiger partial charge in [-0.15, -0.1) is 11.3 Å². The van der Waals surface area contributed by atoms with Gasteiger partial charge in [0.05, 0.1) is 17.7 Å². The summed E-state index contributed by atoms with van der Waals surface area (Å²) < 4.78 is 26.7. The second-order valence-electron chi connectivity index (χ2n) is 5.31. The van der Waals surface area contributed by atoms with Crippen LogP contribution in [0.3, 0.4) is 0 Å². The van der Waals surface area contributed by atoms with E-state index in [0.717, 1.165) is 11.3 Å². The van der Waals surface area contributed by atoms with Crippen LogP contribution in [0.1, 0.15) is 16.1 Å². The normalized spacial score (nSPS) is 10.4. The highest BCUT2D eigenvalue weighted by atomic mass is 32.1. The van der Waals surface area contributed by atoms with Crippen LogP contribution in [0, 0.1) is 11.6 Å². The van der Waals surface area contributed by atoms with Gasteiger partial charge < -0.3 is 5.32 Å². The third-order valence-electron chi connectivity index (χ3n) is 3.34. The van der Waals surface area contributed by atoms with Gasteiger partial charge in [-0.3, -0.25) is 14.9 Å². The van der Waals surface area contributed by atoms with Gasteiger partial charge in [0.2, 0.25) is 5.91 Å². The molecule has 2 aromatic carbocycles. The lowest BCUT2D eigenvalue weighted by atomic mass is 10.2. The summed E-state index contributed by atoms with van der Waals surface area (Å²) >= 11 is 1.12. The van der Waals surface area contributed by atoms with E-state index in [0.29, 0.717) is 11.4 Å². The number of carbonyl (C=O) groups is 2. The fraction of sp³-hybridized carbons (Fsp3) is 0.0556. The molecule has 0 aliphatic carbocycles. The molecule has 0 radical (unpaired) electrons. The molecule has 1 aromatic heterocycles. The molecule has 0 saturated carbocycles. The number of amides is 2. The van der Waals surface area contributed by atoms with E-state index in [1.54, 1.807) is 17.5 Å². The molecule has 0 saturated heterocycles. The van der Waals surface area contributed by atoms with Crippen molar-refractivity contribution in [1.82, 2.24) is 4.98 Å². The summed E-state index contributed by atoms with van der Waals surface area (Å²) in [6, 6.07) is 11.2. The number of aromatic nitrogens is 1. The minimum atomic E-state index is -0.628. The number of halogens is 2. The summed E-state index contributed by atoms with van der Waals surface area (Å²) in [5, 5.41) is 6.93. The highest BCUT2D eigenvalue weighted by Crippen LogP contribution is 2.18. The fourth-order valence-electron chi connectivity index (χ4n) is 2.19. The van der Waals surface area contributed by atoms with Crippen LogP contribution in [0.4, 0.5) is 19.6 Å². The Balaban J connectivity index is 1.60. The van der Waals surface area contributed by atoms with Gasteiger partial charge in [-0.2, -0.15) is 0 Å². The zero-order chi connectivity index (χ0) is 18.5. The number of carbonyl (C=O) groups excluding carboxylic acids is 2. The molecule has 0 aliphatic rings. The summed E-state index contributed by atoms with van der Waals surface area (Å²) in [5.74, 6) is -2.06. The first-order valence-electron chi connectivity index (χ1n) is 7.57.